The van der Waals surface area contributed by atoms with Gasteiger partial charge in [-0.05, 0) is 19.3 Å². The Bertz CT molecular complexity index is 197. The third-order valence-electron chi connectivity index (χ3n) is 2.90. The molecule has 0 aromatic rings. The second-order valence-electron chi connectivity index (χ2n) is 4.00. The van der Waals surface area contributed by atoms with Crippen LogP contribution in [0.5, 0.6) is 0 Å². The van der Waals surface area contributed by atoms with Crippen molar-refractivity contribution in [3.05, 3.63) is 0 Å². The van der Waals surface area contributed by atoms with Crippen molar-refractivity contribution in [1.82, 2.24) is 4.90 Å². The molecule has 14 heavy (non-hydrogen) atoms. The first-order valence-electron chi connectivity index (χ1n) is 5.32. The van der Waals surface area contributed by atoms with Gasteiger partial charge >= 0.3 is 0 Å². The summed E-state index contributed by atoms with van der Waals surface area (Å²) < 4.78 is 0. The average molecular weight is 200 g/mol. The fourth-order valence-electron chi connectivity index (χ4n) is 1.86. The maximum atomic E-state index is 11.8. The van der Waals surface area contributed by atoms with E-state index in [-0.39, 0.29) is 24.5 Å². The highest BCUT2D eigenvalue weighted by atomic mass is 16.3. The van der Waals surface area contributed by atoms with E-state index in [0.717, 1.165) is 25.8 Å². The Morgan fingerprint density at radius 1 is 1.64 bits per heavy atom. The first kappa shape index (κ1) is 11.5. The van der Waals surface area contributed by atoms with Crippen LogP contribution in [0.3, 0.4) is 0 Å². The molecule has 82 valence electrons. The van der Waals surface area contributed by atoms with Gasteiger partial charge in [-0.25, -0.2) is 0 Å². The molecule has 1 aliphatic rings. The molecule has 0 spiro atoms. The van der Waals surface area contributed by atoms with E-state index < -0.39 is 0 Å². The van der Waals surface area contributed by atoms with E-state index in [1.807, 2.05) is 6.92 Å². The number of aliphatic hydroxyl groups excluding tert-OH is 1. The molecule has 4 heteroatoms. The number of carbonyl (C=O) groups is 1. The van der Waals surface area contributed by atoms with Gasteiger partial charge in [-0.1, -0.05) is 6.92 Å². The third-order valence-corrected chi connectivity index (χ3v) is 2.90. The normalized spacial score (nSPS) is 24.8. The lowest BCUT2D eigenvalue weighted by Gasteiger charge is -2.36. The van der Waals surface area contributed by atoms with Crippen molar-refractivity contribution in [3.63, 3.8) is 0 Å². The summed E-state index contributed by atoms with van der Waals surface area (Å²) in [5.74, 6) is -0.0339. The first-order valence-corrected chi connectivity index (χ1v) is 5.32. The molecular formula is C10H20N2O2. The van der Waals surface area contributed by atoms with Gasteiger partial charge in [0, 0.05) is 19.0 Å². The van der Waals surface area contributed by atoms with Crippen LogP contribution in [0.1, 0.15) is 26.2 Å². The smallest absolute Gasteiger partial charge is 0.227 e. The Balaban J connectivity index is 2.58. The number of likely N-dealkylation sites (tertiary alicyclic amines) is 1. The van der Waals surface area contributed by atoms with E-state index >= 15 is 0 Å². The van der Waals surface area contributed by atoms with Gasteiger partial charge in [0.25, 0.3) is 0 Å². The van der Waals surface area contributed by atoms with E-state index in [2.05, 4.69) is 0 Å². The minimum Gasteiger partial charge on any atom is -0.394 e. The van der Waals surface area contributed by atoms with Gasteiger partial charge < -0.3 is 15.7 Å². The molecule has 0 saturated carbocycles. The van der Waals surface area contributed by atoms with Crippen LogP contribution in [0.4, 0.5) is 0 Å². The van der Waals surface area contributed by atoms with Crippen molar-refractivity contribution < 1.29 is 9.90 Å². The third kappa shape index (κ3) is 2.45. The molecule has 0 aliphatic carbocycles. The molecule has 1 amide bonds. The Labute approximate surface area is 85.1 Å². The predicted molar refractivity (Wildman–Crippen MR) is 54.7 cm³/mol. The molecule has 2 unspecified atom stereocenters. The largest absolute Gasteiger partial charge is 0.394 e. The standard InChI is InChI=1S/C10H20N2O2/c1-8(6-11)10(14)12-5-3-2-4-9(12)7-13/h8-9,13H,2-7,11H2,1H3. The van der Waals surface area contributed by atoms with E-state index in [0.29, 0.717) is 6.54 Å². The highest BCUT2D eigenvalue weighted by Gasteiger charge is 2.28. The summed E-state index contributed by atoms with van der Waals surface area (Å²) in [6.07, 6.45) is 3.06. The van der Waals surface area contributed by atoms with E-state index in [1.54, 1.807) is 4.90 Å². The van der Waals surface area contributed by atoms with Crippen LogP contribution < -0.4 is 5.73 Å². The first-order chi connectivity index (χ1) is 6.70. The van der Waals surface area contributed by atoms with Crippen molar-refractivity contribution in [2.75, 3.05) is 19.7 Å². The van der Waals surface area contributed by atoms with Gasteiger partial charge in [0.15, 0.2) is 0 Å². The van der Waals surface area contributed by atoms with Crippen LogP contribution in [-0.4, -0.2) is 41.7 Å². The molecule has 1 rings (SSSR count). The molecule has 0 aromatic heterocycles. The molecular weight excluding hydrogens is 180 g/mol. The van der Waals surface area contributed by atoms with E-state index in [1.165, 1.54) is 0 Å². The summed E-state index contributed by atoms with van der Waals surface area (Å²) in [5, 5.41) is 9.14. The molecule has 1 aliphatic heterocycles. The molecule has 0 aromatic carbocycles. The Morgan fingerprint density at radius 2 is 2.36 bits per heavy atom. The van der Waals surface area contributed by atoms with Gasteiger partial charge in [0.1, 0.15) is 0 Å². The number of hydrogen-bond donors (Lipinski definition) is 2. The molecule has 2 atom stereocenters. The number of carbonyl (C=O) groups excluding carboxylic acids is 1. The molecule has 1 saturated heterocycles. The van der Waals surface area contributed by atoms with Crippen LogP contribution in [0.2, 0.25) is 0 Å². The topological polar surface area (TPSA) is 66.6 Å². The van der Waals surface area contributed by atoms with Crippen LogP contribution >= 0.6 is 0 Å². The minimum absolute atomic E-state index is 0.0187. The molecule has 1 heterocycles. The summed E-state index contributed by atoms with van der Waals surface area (Å²) >= 11 is 0. The number of piperidine rings is 1. The van der Waals surface area contributed by atoms with Gasteiger partial charge in [-0.2, -0.15) is 0 Å². The molecule has 1 fully saturated rings. The second kappa shape index (κ2) is 5.32. The fraction of sp³-hybridized carbons (Fsp3) is 0.900. The van der Waals surface area contributed by atoms with Crippen LogP contribution in [-0.2, 0) is 4.79 Å². The molecule has 4 nitrogen and oxygen atoms in total. The van der Waals surface area contributed by atoms with Gasteiger partial charge in [-0.15, -0.1) is 0 Å². The summed E-state index contributed by atoms with van der Waals surface area (Å²) in [4.78, 5) is 13.6. The number of hydrogen-bond acceptors (Lipinski definition) is 3. The average Bonchev–Trinajstić information content (AvgIpc) is 2.26. The van der Waals surface area contributed by atoms with Crippen LogP contribution in [0, 0.1) is 5.92 Å². The van der Waals surface area contributed by atoms with Gasteiger partial charge in [0.2, 0.25) is 5.91 Å². The zero-order chi connectivity index (χ0) is 10.6. The van der Waals surface area contributed by atoms with Crippen molar-refractivity contribution in [1.29, 1.82) is 0 Å². The highest BCUT2D eigenvalue weighted by molar-refractivity contribution is 5.79. The summed E-state index contributed by atoms with van der Waals surface area (Å²) in [7, 11) is 0. The number of amides is 1. The fourth-order valence-corrected chi connectivity index (χ4v) is 1.86. The van der Waals surface area contributed by atoms with Gasteiger partial charge in [-0.3, -0.25) is 4.79 Å². The summed E-state index contributed by atoms with van der Waals surface area (Å²) in [6.45, 7) is 3.07. The minimum atomic E-state index is -0.123. The van der Waals surface area contributed by atoms with Crippen molar-refractivity contribution in [3.8, 4) is 0 Å². The lowest BCUT2D eigenvalue weighted by molar-refractivity contribution is -0.139. The van der Waals surface area contributed by atoms with E-state index in [9.17, 15) is 4.79 Å². The second-order valence-corrected chi connectivity index (χ2v) is 4.00. The zero-order valence-corrected chi connectivity index (χ0v) is 8.78. The molecule has 3 N–H and O–H groups in total. The highest BCUT2D eigenvalue weighted by Crippen LogP contribution is 2.18. The predicted octanol–water partition coefficient (Wildman–Crippen LogP) is -0.0454. The number of rotatable bonds is 3. The monoisotopic (exact) mass is 200 g/mol. The lowest BCUT2D eigenvalue weighted by atomic mass is 10.0. The summed E-state index contributed by atoms with van der Waals surface area (Å²) in [6, 6.07) is 0.0187. The van der Waals surface area contributed by atoms with Crippen molar-refractivity contribution in [2.45, 2.75) is 32.2 Å². The SMILES string of the molecule is CC(CN)C(=O)N1CCCCC1CO. The quantitative estimate of drug-likeness (QED) is 0.671. The van der Waals surface area contributed by atoms with Crippen molar-refractivity contribution in [2.24, 2.45) is 11.7 Å². The Kier molecular flexibility index (Phi) is 4.35. The lowest BCUT2D eigenvalue weighted by Crippen LogP contribution is -2.48. The number of aliphatic hydroxyl groups is 1. The van der Waals surface area contributed by atoms with Gasteiger partial charge in [0.05, 0.1) is 12.6 Å². The molecule has 0 radical (unpaired) electrons. The molecule has 0 bridgehead atoms. The van der Waals surface area contributed by atoms with E-state index in [4.69, 9.17) is 10.8 Å². The Morgan fingerprint density at radius 3 is 2.93 bits per heavy atom. The number of nitrogens with zero attached hydrogens (tertiary/aromatic N) is 1. The van der Waals surface area contributed by atoms with Crippen LogP contribution in [0.15, 0.2) is 0 Å². The maximum Gasteiger partial charge on any atom is 0.227 e. The zero-order valence-electron chi connectivity index (χ0n) is 8.78. The summed E-state index contributed by atoms with van der Waals surface area (Å²) in [5.41, 5.74) is 5.46. The van der Waals surface area contributed by atoms with Crippen molar-refractivity contribution >= 4 is 5.91 Å². The number of nitrogens with two attached hydrogens (primary N) is 1. The maximum absolute atomic E-state index is 11.8. The Hall–Kier alpha value is -0.610. The van der Waals surface area contributed by atoms with Crippen LogP contribution in [0.25, 0.3) is 0 Å².